The molecule has 0 bridgehead atoms. The second-order valence-corrected chi connectivity index (χ2v) is 7.73. The molecule has 9 heteroatoms. The maximum Gasteiger partial charge on any atom is 0.259 e. The fourth-order valence-electron chi connectivity index (χ4n) is 2.55. The molecule has 0 amide bonds. The van der Waals surface area contributed by atoms with Crippen LogP contribution in [-0.4, -0.2) is 28.6 Å². The average molecular weight is 336 g/mol. The van der Waals surface area contributed by atoms with Crippen molar-refractivity contribution in [3.8, 4) is 0 Å². The summed E-state index contributed by atoms with van der Waals surface area (Å²) in [6.07, 6.45) is 2.89. The van der Waals surface area contributed by atoms with E-state index in [9.17, 15) is 17.6 Å². The molecule has 4 rings (SSSR count). The van der Waals surface area contributed by atoms with E-state index in [1.54, 1.807) is 6.92 Å². The van der Waals surface area contributed by atoms with Crippen LogP contribution in [0.1, 0.15) is 19.8 Å². The van der Waals surface area contributed by atoms with Crippen LogP contribution in [0.15, 0.2) is 34.1 Å². The Balaban J connectivity index is 1.99. The molecule has 1 saturated carbocycles. The van der Waals surface area contributed by atoms with Crippen molar-refractivity contribution in [1.29, 1.82) is 0 Å². The van der Waals surface area contributed by atoms with Gasteiger partial charge in [-0.05, 0) is 31.9 Å². The van der Waals surface area contributed by atoms with Gasteiger partial charge in [0.15, 0.2) is 5.82 Å². The normalized spacial score (nSPS) is 17.0. The first-order valence-corrected chi connectivity index (χ1v) is 8.51. The van der Waals surface area contributed by atoms with Crippen molar-refractivity contribution in [2.45, 2.75) is 30.2 Å². The van der Waals surface area contributed by atoms with Crippen LogP contribution in [0.2, 0.25) is 0 Å². The molecule has 0 aliphatic heterocycles. The van der Waals surface area contributed by atoms with Gasteiger partial charge < -0.3 is 4.98 Å². The molecule has 23 heavy (non-hydrogen) atoms. The Labute approximate surface area is 130 Å². The summed E-state index contributed by atoms with van der Waals surface area (Å²) in [6.45, 7) is 1.78. The van der Waals surface area contributed by atoms with E-state index in [1.807, 2.05) is 0 Å². The lowest BCUT2D eigenvalue weighted by Gasteiger charge is -2.13. The van der Waals surface area contributed by atoms with Crippen molar-refractivity contribution in [3.05, 3.63) is 40.6 Å². The highest BCUT2D eigenvalue weighted by molar-refractivity contribution is 7.89. The zero-order chi connectivity index (χ0) is 16.4. The number of nitrogens with one attached hydrogen (secondary N) is 2. The van der Waals surface area contributed by atoms with Crippen LogP contribution in [0.4, 0.5) is 4.39 Å². The monoisotopic (exact) mass is 336 g/mol. The van der Waals surface area contributed by atoms with Crippen molar-refractivity contribution >= 4 is 26.6 Å². The van der Waals surface area contributed by atoms with E-state index in [1.165, 1.54) is 22.8 Å². The Hall–Kier alpha value is -2.26. The summed E-state index contributed by atoms with van der Waals surface area (Å²) >= 11 is 0. The summed E-state index contributed by atoms with van der Waals surface area (Å²) < 4.78 is 43.1. The molecule has 0 atom stereocenters. The minimum atomic E-state index is -3.90. The summed E-state index contributed by atoms with van der Waals surface area (Å²) in [7, 11) is -3.90. The number of H-pyrrole nitrogens is 1. The predicted molar refractivity (Wildman–Crippen MR) is 81.2 cm³/mol. The number of sulfonamides is 1. The highest BCUT2D eigenvalue weighted by Gasteiger charge is 2.41. The number of fused-ring (bicyclic) bond motifs is 3. The molecule has 1 aromatic carbocycles. The molecule has 0 radical (unpaired) electrons. The zero-order valence-electron chi connectivity index (χ0n) is 12.1. The van der Waals surface area contributed by atoms with Gasteiger partial charge >= 0.3 is 0 Å². The quantitative estimate of drug-likeness (QED) is 0.750. The third-order valence-electron chi connectivity index (χ3n) is 4.07. The summed E-state index contributed by atoms with van der Waals surface area (Å²) in [5, 5.41) is 3.88. The van der Waals surface area contributed by atoms with E-state index >= 15 is 0 Å². The number of aromatic nitrogens is 3. The molecule has 0 unspecified atom stereocenters. The summed E-state index contributed by atoms with van der Waals surface area (Å²) in [6, 6.07) is 3.61. The molecule has 3 aromatic rings. The fourth-order valence-corrected chi connectivity index (χ4v) is 4.05. The van der Waals surface area contributed by atoms with Gasteiger partial charge in [-0.2, -0.15) is 5.10 Å². The van der Waals surface area contributed by atoms with Crippen LogP contribution < -0.4 is 10.3 Å². The molecular weight excluding hydrogens is 323 g/mol. The molecule has 2 N–H and O–H groups in total. The average Bonchev–Trinajstić information content (AvgIpc) is 2.99. The van der Waals surface area contributed by atoms with Gasteiger partial charge in [-0.3, -0.25) is 4.79 Å². The van der Waals surface area contributed by atoms with Gasteiger partial charge in [0.1, 0.15) is 11.2 Å². The van der Waals surface area contributed by atoms with Crippen LogP contribution in [0.5, 0.6) is 0 Å². The SMILES string of the molecule is CC1(NS(=O)(=O)c2cc(F)c3c(c2)c(=O)[nH]c2ccnn23)CC1. The molecule has 1 aliphatic rings. The molecule has 7 nitrogen and oxygen atoms in total. The van der Waals surface area contributed by atoms with Crippen LogP contribution in [-0.2, 0) is 10.0 Å². The fraction of sp³-hybridized carbons (Fsp3) is 0.286. The minimum Gasteiger partial charge on any atom is -0.306 e. The van der Waals surface area contributed by atoms with E-state index in [0.29, 0.717) is 5.65 Å². The van der Waals surface area contributed by atoms with E-state index in [2.05, 4.69) is 14.8 Å². The molecule has 1 aliphatic carbocycles. The molecular formula is C14H13FN4O3S. The third kappa shape index (κ3) is 2.23. The lowest BCUT2D eigenvalue weighted by atomic mass is 10.2. The number of benzene rings is 1. The molecule has 0 spiro atoms. The third-order valence-corrected chi connectivity index (χ3v) is 5.69. The van der Waals surface area contributed by atoms with E-state index < -0.39 is 26.9 Å². The van der Waals surface area contributed by atoms with Gasteiger partial charge in [0.05, 0.1) is 16.5 Å². The van der Waals surface area contributed by atoms with Crippen molar-refractivity contribution in [3.63, 3.8) is 0 Å². The highest BCUT2D eigenvalue weighted by Crippen LogP contribution is 2.36. The van der Waals surface area contributed by atoms with E-state index in [-0.39, 0.29) is 15.8 Å². The van der Waals surface area contributed by atoms with E-state index in [4.69, 9.17) is 0 Å². The predicted octanol–water partition coefficient (Wildman–Crippen LogP) is 1.15. The number of halogens is 1. The molecule has 1 fully saturated rings. The molecule has 0 saturated heterocycles. The van der Waals surface area contributed by atoms with E-state index in [0.717, 1.165) is 18.9 Å². The first kappa shape index (κ1) is 14.3. The lowest BCUT2D eigenvalue weighted by Crippen LogP contribution is -2.34. The number of aromatic amines is 1. The lowest BCUT2D eigenvalue weighted by molar-refractivity contribution is 0.556. The Bertz CT molecular complexity index is 1110. The summed E-state index contributed by atoms with van der Waals surface area (Å²) in [4.78, 5) is 14.4. The second kappa shape index (κ2) is 4.39. The van der Waals surface area contributed by atoms with Crippen molar-refractivity contribution in [2.75, 3.05) is 0 Å². The summed E-state index contributed by atoms with van der Waals surface area (Å²) in [5.41, 5.74) is -0.768. The number of rotatable bonds is 3. The first-order chi connectivity index (χ1) is 10.8. The summed E-state index contributed by atoms with van der Waals surface area (Å²) in [5.74, 6) is -0.816. The topological polar surface area (TPSA) is 96.3 Å². The van der Waals surface area contributed by atoms with Gasteiger partial charge in [0.2, 0.25) is 10.0 Å². The Kier molecular flexibility index (Phi) is 2.74. The number of nitrogens with zero attached hydrogens (tertiary/aromatic N) is 2. The second-order valence-electron chi connectivity index (χ2n) is 6.05. The zero-order valence-corrected chi connectivity index (χ0v) is 12.9. The van der Waals surface area contributed by atoms with Gasteiger partial charge in [-0.25, -0.2) is 22.0 Å². The first-order valence-electron chi connectivity index (χ1n) is 7.02. The molecule has 2 heterocycles. The van der Waals surface area contributed by atoms with Gasteiger partial charge in [-0.15, -0.1) is 0 Å². The van der Waals surface area contributed by atoms with Gasteiger partial charge in [0.25, 0.3) is 5.56 Å². The molecule has 120 valence electrons. The van der Waals surface area contributed by atoms with Crippen LogP contribution in [0.25, 0.3) is 16.6 Å². The van der Waals surface area contributed by atoms with Crippen LogP contribution >= 0.6 is 0 Å². The largest absolute Gasteiger partial charge is 0.306 e. The maximum absolute atomic E-state index is 14.5. The number of hydrogen-bond acceptors (Lipinski definition) is 4. The standard InChI is InChI=1S/C14H13FN4O3S/c1-14(3-4-14)18-23(21,22)8-6-9-12(10(15)7-8)19-11(2-5-16-19)17-13(9)20/h2,5-7,18H,3-4H2,1H3,(H,17,20). The number of hydrogen-bond donors (Lipinski definition) is 2. The Morgan fingerprint density at radius 3 is 2.83 bits per heavy atom. The Morgan fingerprint density at radius 1 is 1.39 bits per heavy atom. The minimum absolute atomic E-state index is 0.0506. The Morgan fingerprint density at radius 2 is 2.13 bits per heavy atom. The smallest absolute Gasteiger partial charge is 0.259 e. The van der Waals surface area contributed by atoms with Crippen molar-refractivity contribution < 1.29 is 12.8 Å². The van der Waals surface area contributed by atoms with Crippen LogP contribution in [0, 0.1) is 5.82 Å². The van der Waals surface area contributed by atoms with Gasteiger partial charge in [-0.1, -0.05) is 0 Å². The highest BCUT2D eigenvalue weighted by atomic mass is 32.2. The maximum atomic E-state index is 14.5. The molecule has 2 aromatic heterocycles. The van der Waals surface area contributed by atoms with Crippen molar-refractivity contribution in [1.82, 2.24) is 19.3 Å². The van der Waals surface area contributed by atoms with Crippen molar-refractivity contribution in [2.24, 2.45) is 0 Å². The van der Waals surface area contributed by atoms with Crippen LogP contribution in [0.3, 0.4) is 0 Å². The van der Waals surface area contributed by atoms with Gasteiger partial charge in [0, 0.05) is 11.6 Å².